The SMILES string of the molecule is CCCCCS(=O)(=O)CC(=O)Nc1ccc(OCCN)cc1.Cl. The van der Waals surface area contributed by atoms with Crippen LogP contribution in [-0.4, -0.2) is 39.0 Å². The van der Waals surface area contributed by atoms with E-state index >= 15 is 0 Å². The van der Waals surface area contributed by atoms with Crippen LogP contribution < -0.4 is 15.8 Å². The first kappa shape index (κ1) is 21.7. The quantitative estimate of drug-likeness (QED) is 0.618. The van der Waals surface area contributed by atoms with Crippen LogP contribution in [0.3, 0.4) is 0 Å². The maximum Gasteiger partial charge on any atom is 0.239 e. The van der Waals surface area contributed by atoms with Gasteiger partial charge in [0.25, 0.3) is 0 Å². The lowest BCUT2D eigenvalue weighted by Gasteiger charge is -2.08. The van der Waals surface area contributed by atoms with E-state index in [1.807, 2.05) is 6.92 Å². The molecule has 0 bridgehead atoms. The Labute approximate surface area is 144 Å². The standard InChI is InChI=1S/C15H24N2O4S.ClH/c1-2-3-4-11-22(19,20)12-15(18)17-13-5-7-14(8-6-13)21-10-9-16;/h5-8H,2-4,9-12,16H2,1H3,(H,17,18);1H. The van der Waals surface area contributed by atoms with E-state index in [0.717, 1.165) is 12.8 Å². The summed E-state index contributed by atoms with van der Waals surface area (Å²) in [5.74, 6) is -0.301. The monoisotopic (exact) mass is 364 g/mol. The molecule has 23 heavy (non-hydrogen) atoms. The van der Waals surface area contributed by atoms with Gasteiger partial charge in [-0.25, -0.2) is 8.42 Å². The molecule has 0 saturated heterocycles. The number of anilines is 1. The smallest absolute Gasteiger partial charge is 0.239 e. The van der Waals surface area contributed by atoms with E-state index in [9.17, 15) is 13.2 Å². The van der Waals surface area contributed by atoms with Crippen LogP contribution in [0.2, 0.25) is 0 Å². The minimum Gasteiger partial charge on any atom is -0.492 e. The number of nitrogens with one attached hydrogen (secondary N) is 1. The van der Waals surface area contributed by atoms with E-state index in [4.69, 9.17) is 10.5 Å². The fourth-order valence-electron chi connectivity index (χ4n) is 1.85. The van der Waals surface area contributed by atoms with Crippen LogP contribution in [-0.2, 0) is 14.6 Å². The third-order valence-corrected chi connectivity index (χ3v) is 4.55. The molecule has 3 N–H and O–H groups in total. The number of unbranched alkanes of at least 4 members (excludes halogenated alkanes) is 2. The Balaban J connectivity index is 0.00000484. The van der Waals surface area contributed by atoms with Crippen molar-refractivity contribution in [2.24, 2.45) is 5.73 Å². The summed E-state index contributed by atoms with van der Waals surface area (Å²) in [6.07, 6.45) is 2.39. The number of nitrogens with two attached hydrogens (primary N) is 1. The van der Waals surface area contributed by atoms with Crippen LogP contribution in [0.15, 0.2) is 24.3 Å². The van der Waals surface area contributed by atoms with Gasteiger partial charge < -0.3 is 15.8 Å². The van der Waals surface area contributed by atoms with Gasteiger partial charge in [-0.1, -0.05) is 19.8 Å². The van der Waals surface area contributed by atoms with Gasteiger partial charge in [-0.05, 0) is 30.7 Å². The van der Waals surface area contributed by atoms with Gasteiger partial charge in [0.1, 0.15) is 18.1 Å². The predicted octanol–water partition coefficient (Wildman–Crippen LogP) is 1.99. The largest absolute Gasteiger partial charge is 0.492 e. The number of hydrogen-bond donors (Lipinski definition) is 2. The van der Waals surface area contributed by atoms with Gasteiger partial charge >= 0.3 is 0 Å². The molecule has 0 spiro atoms. The van der Waals surface area contributed by atoms with Gasteiger partial charge in [-0.15, -0.1) is 12.4 Å². The fraction of sp³-hybridized carbons (Fsp3) is 0.533. The van der Waals surface area contributed by atoms with Gasteiger partial charge in [0.15, 0.2) is 9.84 Å². The lowest BCUT2D eigenvalue weighted by Crippen LogP contribution is -2.24. The number of rotatable bonds is 10. The molecule has 1 aromatic carbocycles. The third-order valence-electron chi connectivity index (χ3n) is 2.93. The molecule has 0 aliphatic rings. The summed E-state index contributed by atoms with van der Waals surface area (Å²) in [7, 11) is -3.34. The second kappa shape index (κ2) is 11.3. The van der Waals surface area contributed by atoms with Crippen molar-refractivity contribution in [1.82, 2.24) is 0 Å². The molecule has 0 saturated carbocycles. The molecule has 1 aromatic rings. The normalized spacial score (nSPS) is 10.7. The Morgan fingerprint density at radius 3 is 2.43 bits per heavy atom. The van der Waals surface area contributed by atoms with Crippen LogP contribution in [0.25, 0.3) is 0 Å². The van der Waals surface area contributed by atoms with Gasteiger partial charge in [-0.3, -0.25) is 4.79 Å². The highest BCUT2D eigenvalue weighted by Gasteiger charge is 2.16. The van der Waals surface area contributed by atoms with Crippen molar-refractivity contribution >= 4 is 33.8 Å². The van der Waals surface area contributed by atoms with Gasteiger partial charge in [0, 0.05) is 12.2 Å². The van der Waals surface area contributed by atoms with Crippen molar-refractivity contribution in [3.8, 4) is 5.75 Å². The van der Waals surface area contributed by atoms with Crippen molar-refractivity contribution in [2.45, 2.75) is 26.2 Å². The van der Waals surface area contributed by atoms with Gasteiger partial charge in [0.05, 0.1) is 5.75 Å². The summed E-state index contributed by atoms with van der Waals surface area (Å²) in [6.45, 7) is 2.84. The van der Waals surface area contributed by atoms with Crippen molar-refractivity contribution < 1.29 is 17.9 Å². The van der Waals surface area contributed by atoms with Crippen molar-refractivity contribution in [1.29, 1.82) is 0 Å². The average Bonchev–Trinajstić information content (AvgIpc) is 2.46. The molecular weight excluding hydrogens is 340 g/mol. The molecule has 132 valence electrons. The molecule has 0 aliphatic heterocycles. The summed E-state index contributed by atoms with van der Waals surface area (Å²) in [6, 6.07) is 6.71. The molecule has 0 aliphatic carbocycles. The van der Waals surface area contributed by atoms with Crippen LogP contribution in [0.1, 0.15) is 26.2 Å². The first-order valence-corrected chi connectivity index (χ1v) is 9.22. The van der Waals surface area contributed by atoms with Crippen LogP contribution in [0, 0.1) is 0 Å². The fourth-order valence-corrected chi connectivity index (χ4v) is 3.11. The van der Waals surface area contributed by atoms with E-state index in [2.05, 4.69) is 5.32 Å². The van der Waals surface area contributed by atoms with Crippen molar-refractivity contribution in [3.05, 3.63) is 24.3 Å². The van der Waals surface area contributed by atoms with Crippen LogP contribution in [0.4, 0.5) is 5.69 Å². The minimum absolute atomic E-state index is 0. The maximum atomic E-state index is 11.8. The van der Waals surface area contributed by atoms with Gasteiger partial charge in [0.2, 0.25) is 5.91 Å². The zero-order valence-corrected chi connectivity index (χ0v) is 14.9. The second-order valence-corrected chi connectivity index (χ2v) is 7.19. The Morgan fingerprint density at radius 1 is 1.22 bits per heavy atom. The van der Waals surface area contributed by atoms with Crippen molar-refractivity contribution in [3.63, 3.8) is 0 Å². The van der Waals surface area contributed by atoms with Crippen LogP contribution >= 0.6 is 12.4 Å². The minimum atomic E-state index is -3.34. The summed E-state index contributed by atoms with van der Waals surface area (Å²) in [4.78, 5) is 11.8. The molecule has 8 heteroatoms. The van der Waals surface area contributed by atoms with Crippen LogP contribution in [0.5, 0.6) is 5.75 Å². The first-order chi connectivity index (χ1) is 10.5. The van der Waals surface area contributed by atoms with E-state index < -0.39 is 21.5 Å². The zero-order chi connectivity index (χ0) is 16.4. The average molecular weight is 365 g/mol. The number of amides is 1. The molecule has 0 aromatic heterocycles. The highest BCUT2D eigenvalue weighted by molar-refractivity contribution is 7.92. The Morgan fingerprint density at radius 2 is 1.87 bits per heavy atom. The Bertz CT molecular complexity index is 561. The highest BCUT2D eigenvalue weighted by Crippen LogP contribution is 2.15. The number of hydrogen-bond acceptors (Lipinski definition) is 5. The predicted molar refractivity (Wildman–Crippen MR) is 95.0 cm³/mol. The Hall–Kier alpha value is -1.31. The second-order valence-electron chi connectivity index (χ2n) is 5.01. The molecule has 0 heterocycles. The summed E-state index contributed by atoms with van der Waals surface area (Å²) in [5.41, 5.74) is 5.87. The summed E-state index contributed by atoms with van der Waals surface area (Å²) >= 11 is 0. The third kappa shape index (κ3) is 9.43. The molecule has 1 rings (SSSR count). The number of halogens is 1. The Kier molecular flexibility index (Phi) is 10.6. The summed E-state index contributed by atoms with van der Waals surface area (Å²) < 4.78 is 28.9. The number of benzene rings is 1. The first-order valence-electron chi connectivity index (χ1n) is 7.40. The lowest BCUT2D eigenvalue weighted by molar-refractivity contribution is -0.113. The molecule has 0 unspecified atom stereocenters. The van der Waals surface area contributed by atoms with E-state index in [1.54, 1.807) is 24.3 Å². The van der Waals surface area contributed by atoms with E-state index in [-0.39, 0.29) is 18.2 Å². The molecule has 1 amide bonds. The topological polar surface area (TPSA) is 98.5 Å². The molecular formula is C15H25ClN2O4S. The number of carbonyl (C=O) groups is 1. The lowest BCUT2D eigenvalue weighted by atomic mass is 10.3. The molecule has 0 atom stereocenters. The highest BCUT2D eigenvalue weighted by atomic mass is 35.5. The molecule has 6 nitrogen and oxygen atoms in total. The zero-order valence-electron chi connectivity index (χ0n) is 13.3. The number of ether oxygens (including phenoxy) is 1. The van der Waals surface area contributed by atoms with E-state index in [1.165, 1.54) is 0 Å². The molecule has 0 radical (unpaired) electrons. The van der Waals surface area contributed by atoms with E-state index in [0.29, 0.717) is 31.0 Å². The number of sulfone groups is 1. The van der Waals surface area contributed by atoms with Crippen molar-refractivity contribution in [2.75, 3.05) is 30.0 Å². The maximum absolute atomic E-state index is 11.8. The number of carbonyl (C=O) groups excluding carboxylic acids is 1. The molecule has 0 fully saturated rings. The summed E-state index contributed by atoms with van der Waals surface area (Å²) in [5, 5.41) is 2.57. The van der Waals surface area contributed by atoms with Gasteiger partial charge in [-0.2, -0.15) is 0 Å².